The van der Waals surface area contributed by atoms with Gasteiger partial charge in [-0.25, -0.2) is 14.6 Å². The average molecular weight is 877 g/mol. The number of allylic oxidation sites excluding steroid dienone is 1. The smallest absolute Gasteiger partial charge is 0.408 e. The molecule has 1 aromatic heterocycles. The zero-order valence-corrected chi connectivity index (χ0v) is 39.3. The molecule has 1 aromatic carbocycles. The molecule has 4 aliphatic rings. The van der Waals surface area contributed by atoms with Gasteiger partial charge in [0.15, 0.2) is 0 Å². The Labute approximate surface area is 374 Å². The van der Waals surface area contributed by atoms with Gasteiger partial charge in [-0.15, -0.1) is 18.2 Å². The number of rotatable bonds is 9. The van der Waals surface area contributed by atoms with Gasteiger partial charge < -0.3 is 40.8 Å². The molecule has 0 bridgehead atoms. The number of pyridine rings is 1. The van der Waals surface area contributed by atoms with Gasteiger partial charge in [0.1, 0.15) is 29.5 Å². The second-order valence-corrected chi connectivity index (χ2v) is 17.0. The molecule has 3 fully saturated rings. The van der Waals surface area contributed by atoms with Gasteiger partial charge in [-0.1, -0.05) is 64.7 Å². The summed E-state index contributed by atoms with van der Waals surface area (Å²) in [5, 5.41) is 12.2. The number of benzene rings is 1. The first kappa shape index (κ1) is 51.6. The molecule has 0 radical (unpaired) electrons. The number of terminal acetylenes is 1. The summed E-state index contributed by atoms with van der Waals surface area (Å²) in [6, 6.07) is 6.56. The zero-order valence-electron chi connectivity index (χ0n) is 38.5. The van der Waals surface area contributed by atoms with Gasteiger partial charge >= 0.3 is 12.1 Å². The number of thioether (sulfide) groups is 1. The predicted molar refractivity (Wildman–Crippen MR) is 250 cm³/mol. The van der Waals surface area contributed by atoms with Crippen molar-refractivity contribution in [3.63, 3.8) is 0 Å². The Morgan fingerprint density at radius 3 is 2.40 bits per heavy atom. The van der Waals surface area contributed by atoms with Crippen LogP contribution in [0.1, 0.15) is 137 Å². The van der Waals surface area contributed by atoms with Gasteiger partial charge in [-0.05, 0) is 103 Å². The van der Waals surface area contributed by atoms with Gasteiger partial charge in [0, 0.05) is 30.0 Å². The highest BCUT2D eigenvalue weighted by atomic mass is 32.2. The van der Waals surface area contributed by atoms with E-state index in [1.807, 2.05) is 63.4 Å². The minimum atomic E-state index is -1.05. The van der Waals surface area contributed by atoms with Crippen molar-refractivity contribution in [3.05, 3.63) is 53.1 Å². The van der Waals surface area contributed by atoms with Gasteiger partial charge in [-0.2, -0.15) is 0 Å². The third-order valence-corrected chi connectivity index (χ3v) is 12.0. The quantitative estimate of drug-likeness (QED) is 0.0828. The summed E-state index contributed by atoms with van der Waals surface area (Å²) in [6.07, 6.45) is 18.5. The first-order valence-electron chi connectivity index (χ1n) is 22.6. The van der Waals surface area contributed by atoms with Crippen LogP contribution in [0.2, 0.25) is 0 Å². The second-order valence-electron chi connectivity index (χ2n) is 15.8. The average Bonchev–Trinajstić information content (AvgIpc) is 3.57. The minimum absolute atomic E-state index is 0.0875. The van der Waals surface area contributed by atoms with E-state index in [1.54, 1.807) is 23.8 Å². The number of para-hydroxylation sites is 1. The number of amides is 3. The van der Waals surface area contributed by atoms with Crippen LogP contribution in [0.3, 0.4) is 0 Å². The van der Waals surface area contributed by atoms with E-state index < -0.39 is 29.7 Å². The molecule has 2 aliphatic heterocycles. The lowest BCUT2D eigenvalue weighted by atomic mass is 10.1. The number of alkyl carbamates (subject to hydrolysis) is 1. The summed E-state index contributed by atoms with van der Waals surface area (Å²) in [5.41, 5.74) is 7.87. The summed E-state index contributed by atoms with van der Waals surface area (Å²) in [4.78, 5) is 58.1. The number of hydrogen-bond donors (Lipinski definition) is 4. The number of methoxy groups -OCH3 is 2. The standard InChI is InChI=1S/C25H37N3O6.C19H23N3OS.2C2H6/c1-33-23(31)25-16-17(25)10-5-3-2-4-6-13-19(26-24(32)34-18-11-7-8-12-18)22(30)28-15-9-14-20(28)21(29)27-25;1-6-14-8-7-9-15-18(23-5)10-17(22-19(14)15)16(20)11-24-13(4)21-12(2)3;2*1-2/h5,10,17-20H,2-4,6-9,11-16H2,1H3,(H,26,32)(H,27,29);1,7-13,21H,20H2,2-5H3;2*1-2H3/b10-5-;16-11-;;/t17?,19-,20?,25+;;;/m0.../s1. The van der Waals surface area contributed by atoms with Crippen LogP contribution in [-0.4, -0.2) is 89.7 Å². The van der Waals surface area contributed by atoms with Crippen molar-refractivity contribution in [2.24, 2.45) is 11.7 Å². The van der Waals surface area contributed by atoms with E-state index in [-0.39, 0.29) is 29.2 Å². The molecular formula is C48H72N6O7S. The van der Waals surface area contributed by atoms with E-state index in [0.29, 0.717) is 55.4 Å². The number of fused-ring (bicyclic) bond motifs is 3. The van der Waals surface area contributed by atoms with E-state index in [2.05, 4.69) is 53.7 Å². The van der Waals surface area contributed by atoms with Gasteiger partial charge in [0.2, 0.25) is 11.8 Å². The highest BCUT2D eigenvalue weighted by molar-refractivity contribution is 8.02. The Hall–Kier alpha value is -4.74. The summed E-state index contributed by atoms with van der Waals surface area (Å²) in [5.74, 6) is 2.23. The lowest BCUT2D eigenvalue weighted by Crippen LogP contribution is -2.56. The van der Waals surface area contributed by atoms with Crippen molar-refractivity contribution in [2.75, 3.05) is 20.8 Å². The van der Waals surface area contributed by atoms with E-state index >= 15 is 0 Å². The van der Waals surface area contributed by atoms with Crippen LogP contribution >= 0.6 is 11.8 Å². The molecule has 3 unspecified atom stereocenters. The number of nitrogens with two attached hydrogens (primary N) is 1. The Balaban J connectivity index is 0.000000322. The van der Waals surface area contributed by atoms with Crippen LogP contribution in [0.5, 0.6) is 5.75 Å². The maximum atomic E-state index is 13.5. The molecule has 3 heterocycles. The number of hydrogen-bond acceptors (Lipinski definition) is 11. The molecule has 342 valence electrons. The highest BCUT2D eigenvalue weighted by Gasteiger charge is 2.61. The molecular weight excluding hydrogens is 805 g/mol. The van der Waals surface area contributed by atoms with Crippen molar-refractivity contribution in [1.29, 1.82) is 0 Å². The van der Waals surface area contributed by atoms with Crippen molar-refractivity contribution >= 4 is 52.2 Å². The fourth-order valence-corrected chi connectivity index (χ4v) is 8.79. The lowest BCUT2D eigenvalue weighted by molar-refractivity contribution is -0.148. The summed E-state index contributed by atoms with van der Waals surface area (Å²) in [7, 11) is 2.95. The first-order valence-corrected chi connectivity index (χ1v) is 23.5. The van der Waals surface area contributed by atoms with Crippen molar-refractivity contribution in [3.8, 4) is 18.1 Å². The maximum Gasteiger partial charge on any atom is 0.408 e. The van der Waals surface area contributed by atoms with Crippen LogP contribution < -0.4 is 26.4 Å². The Kier molecular flexibility index (Phi) is 21.7. The molecule has 6 rings (SSSR count). The molecule has 14 heteroatoms. The van der Waals surface area contributed by atoms with Gasteiger partial charge in [-0.3, -0.25) is 9.59 Å². The highest BCUT2D eigenvalue weighted by Crippen LogP contribution is 2.46. The fraction of sp³-hybridized carbons (Fsp3) is 0.604. The number of carbonyl (C=O) groups excluding carboxylic acids is 4. The van der Waals surface area contributed by atoms with E-state index in [1.165, 1.54) is 7.11 Å². The third-order valence-electron chi connectivity index (χ3n) is 11.1. The van der Waals surface area contributed by atoms with Crippen molar-refractivity contribution < 1.29 is 33.4 Å². The third kappa shape index (κ3) is 14.1. The lowest BCUT2D eigenvalue weighted by Gasteiger charge is -2.30. The minimum Gasteiger partial charge on any atom is -0.496 e. The zero-order chi connectivity index (χ0) is 45.8. The van der Waals surface area contributed by atoms with Crippen molar-refractivity contribution in [2.45, 2.75) is 161 Å². The summed E-state index contributed by atoms with van der Waals surface area (Å²) >= 11 is 1.62. The van der Waals surface area contributed by atoms with Crippen LogP contribution in [0.15, 0.2) is 41.8 Å². The summed E-state index contributed by atoms with van der Waals surface area (Å²) in [6.45, 7) is 14.8. The van der Waals surface area contributed by atoms with E-state index in [0.717, 1.165) is 67.8 Å². The second kappa shape index (κ2) is 26.0. The molecule has 3 amide bonds. The Morgan fingerprint density at radius 1 is 1.03 bits per heavy atom. The van der Waals surface area contributed by atoms with Crippen LogP contribution in [-0.2, 0) is 23.9 Å². The molecule has 2 aliphatic carbocycles. The number of esters is 1. The molecule has 13 nitrogen and oxygen atoms in total. The normalized spacial score (nSPS) is 23.7. The molecule has 2 aromatic rings. The monoisotopic (exact) mass is 877 g/mol. The maximum absolute atomic E-state index is 13.5. The molecule has 2 saturated carbocycles. The number of aromatic nitrogens is 1. The first-order chi connectivity index (χ1) is 29.9. The van der Waals surface area contributed by atoms with Gasteiger partial charge in [0.25, 0.3) is 0 Å². The molecule has 5 atom stereocenters. The van der Waals surface area contributed by atoms with Crippen molar-refractivity contribution in [1.82, 2.24) is 25.8 Å². The number of nitrogens with one attached hydrogen (secondary N) is 3. The Morgan fingerprint density at radius 2 is 1.74 bits per heavy atom. The summed E-state index contributed by atoms with van der Waals surface area (Å²) < 4.78 is 16.0. The Bertz CT molecular complexity index is 1890. The SMILES string of the molecule is C#Cc1cccc2c(OC)cc(/C(N)=C/SC(C)NC(C)C)nc12.CC.CC.COC(=O)[C@@]12CC1/C=C\CCCCC[C@H](NC(=O)OC1CCCC1)C(=O)N1CCCC1C(=O)N2. The number of nitrogens with zero attached hydrogens (tertiary/aromatic N) is 2. The molecule has 62 heavy (non-hydrogen) atoms. The topological polar surface area (TPSA) is 174 Å². The van der Waals surface area contributed by atoms with Crippen LogP contribution in [0, 0.1) is 18.3 Å². The molecule has 0 spiro atoms. The van der Waals surface area contributed by atoms with Crippen LogP contribution in [0.4, 0.5) is 4.79 Å². The molecule has 5 N–H and O–H groups in total. The number of ether oxygens (including phenoxy) is 3. The van der Waals surface area contributed by atoms with Gasteiger partial charge in [0.05, 0.1) is 42.1 Å². The van der Waals surface area contributed by atoms with E-state index in [9.17, 15) is 19.2 Å². The molecule has 1 saturated heterocycles. The number of carbonyl (C=O) groups is 4. The van der Waals surface area contributed by atoms with E-state index in [4.69, 9.17) is 26.4 Å². The largest absolute Gasteiger partial charge is 0.496 e. The fourth-order valence-electron chi connectivity index (χ4n) is 7.97. The van der Waals surface area contributed by atoms with Crippen LogP contribution in [0.25, 0.3) is 16.6 Å². The predicted octanol–water partition coefficient (Wildman–Crippen LogP) is 8.19.